The van der Waals surface area contributed by atoms with Crippen LogP contribution in [0.25, 0.3) is 28.1 Å². The molecule has 0 saturated carbocycles. The molecule has 3 heterocycles. The number of carbonyl (C=O) groups is 1. The van der Waals surface area contributed by atoms with Gasteiger partial charge in [0.05, 0.1) is 16.7 Å². The highest BCUT2D eigenvalue weighted by Crippen LogP contribution is 2.22. The van der Waals surface area contributed by atoms with Gasteiger partial charge >= 0.3 is 0 Å². The Morgan fingerprint density at radius 3 is 2.62 bits per heavy atom. The second-order valence-electron chi connectivity index (χ2n) is 7.53. The first-order valence-corrected chi connectivity index (χ1v) is 10.4. The van der Waals surface area contributed by atoms with Crippen molar-refractivity contribution in [2.24, 2.45) is 0 Å². The lowest BCUT2D eigenvalue weighted by atomic mass is 10.1. The molecule has 0 bridgehead atoms. The Kier molecular flexibility index (Phi) is 4.99. The smallest absolute Gasteiger partial charge is 0.260 e. The minimum atomic E-state index is -0.208. The summed E-state index contributed by atoms with van der Waals surface area (Å²) in [7, 11) is 0. The van der Waals surface area contributed by atoms with Gasteiger partial charge in [-0.05, 0) is 48.4 Å². The van der Waals surface area contributed by atoms with E-state index in [1.54, 1.807) is 27.4 Å². The molecule has 158 valence electrons. The number of pyridine rings is 1. The van der Waals surface area contributed by atoms with E-state index in [2.05, 4.69) is 17.2 Å². The molecule has 7 heteroatoms. The maximum absolute atomic E-state index is 13.0. The monoisotopic (exact) mass is 423 g/mol. The summed E-state index contributed by atoms with van der Waals surface area (Å²) in [6.07, 6.45) is 4.23. The van der Waals surface area contributed by atoms with Crippen LogP contribution in [0, 0.1) is 0 Å². The van der Waals surface area contributed by atoms with Crippen LogP contribution in [0.4, 0.5) is 5.69 Å². The lowest BCUT2D eigenvalue weighted by Gasteiger charge is -2.09. The Morgan fingerprint density at radius 2 is 1.84 bits per heavy atom. The van der Waals surface area contributed by atoms with Crippen molar-refractivity contribution >= 4 is 28.4 Å². The lowest BCUT2D eigenvalue weighted by molar-refractivity contribution is -0.116. The number of imidazole rings is 1. The number of fused-ring (bicyclic) bond motifs is 3. The van der Waals surface area contributed by atoms with E-state index < -0.39 is 0 Å². The van der Waals surface area contributed by atoms with Gasteiger partial charge in [0, 0.05) is 29.7 Å². The first-order chi connectivity index (χ1) is 15.6. The van der Waals surface area contributed by atoms with Gasteiger partial charge in [0.15, 0.2) is 0 Å². The fourth-order valence-corrected chi connectivity index (χ4v) is 3.90. The van der Waals surface area contributed by atoms with Crippen molar-refractivity contribution < 1.29 is 4.79 Å². The summed E-state index contributed by atoms with van der Waals surface area (Å²) in [6, 6.07) is 20.4. The molecule has 0 saturated heterocycles. The minimum Gasteiger partial charge on any atom is -0.325 e. The molecular formula is C25H21N5O2. The predicted molar refractivity (Wildman–Crippen MR) is 125 cm³/mol. The summed E-state index contributed by atoms with van der Waals surface area (Å²) in [6.45, 7) is 2.10. The average molecular weight is 423 g/mol. The number of hydrogen-bond donors (Lipinski definition) is 1. The van der Waals surface area contributed by atoms with Crippen LogP contribution < -0.4 is 10.9 Å². The molecular weight excluding hydrogens is 402 g/mol. The van der Waals surface area contributed by atoms with Gasteiger partial charge in [0.25, 0.3) is 5.56 Å². The number of nitrogens with zero attached hydrogens (tertiary/aromatic N) is 4. The molecule has 5 aromatic rings. The molecule has 32 heavy (non-hydrogen) atoms. The lowest BCUT2D eigenvalue weighted by Crippen LogP contribution is -2.20. The number of hydrogen-bond acceptors (Lipinski definition) is 4. The highest BCUT2D eigenvalue weighted by atomic mass is 16.2. The normalized spacial score (nSPS) is 11.2. The maximum atomic E-state index is 13.0. The Balaban J connectivity index is 1.61. The van der Waals surface area contributed by atoms with Gasteiger partial charge in [0.2, 0.25) is 11.7 Å². The minimum absolute atomic E-state index is 0.0241. The highest BCUT2D eigenvalue weighted by Gasteiger charge is 2.17. The Hall–Kier alpha value is -4.26. The van der Waals surface area contributed by atoms with E-state index >= 15 is 0 Å². The van der Waals surface area contributed by atoms with Crippen molar-refractivity contribution in [3.8, 4) is 11.3 Å². The summed E-state index contributed by atoms with van der Waals surface area (Å²) >= 11 is 0. The number of nitrogens with one attached hydrogen (secondary N) is 1. The van der Waals surface area contributed by atoms with Crippen molar-refractivity contribution in [2.45, 2.75) is 19.9 Å². The van der Waals surface area contributed by atoms with Crippen molar-refractivity contribution in [1.82, 2.24) is 18.9 Å². The van der Waals surface area contributed by atoms with Crippen molar-refractivity contribution in [3.05, 3.63) is 95.0 Å². The van der Waals surface area contributed by atoms with E-state index in [-0.39, 0.29) is 18.0 Å². The first-order valence-electron chi connectivity index (χ1n) is 10.4. The fraction of sp³-hybridized carbons (Fsp3) is 0.120. The van der Waals surface area contributed by atoms with Crippen LogP contribution in [0.15, 0.2) is 83.9 Å². The van der Waals surface area contributed by atoms with Crippen LogP contribution in [-0.2, 0) is 17.8 Å². The van der Waals surface area contributed by atoms with E-state index in [0.717, 1.165) is 28.8 Å². The van der Waals surface area contributed by atoms with E-state index in [4.69, 9.17) is 4.98 Å². The number of rotatable bonds is 5. The van der Waals surface area contributed by atoms with Crippen LogP contribution in [0.1, 0.15) is 12.5 Å². The zero-order valence-corrected chi connectivity index (χ0v) is 17.5. The van der Waals surface area contributed by atoms with Crippen LogP contribution in [0.5, 0.6) is 0 Å². The molecule has 0 unspecified atom stereocenters. The van der Waals surface area contributed by atoms with Gasteiger partial charge in [-0.1, -0.05) is 31.2 Å². The standard InChI is InChI=1S/C25H21N5O2/c1-2-17-7-5-9-19(13-17)27-23(31)16-29-21-10-3-4-11-22(21)30-24(32)14-20(28-25(29)30)18-8-6-12-26-15-18/h3-15H,2,16H2,1H3,(H,27,31). The number of benzene rings is 2. The van der Waals surface area contributed by atoms with Gasteiger partial charge in [-0.3, -0.25) is 14.6 Å². The third-order valence-electron chi connectivity index (χ3n) is 5.43. The quantitative estimate of drug-likeness (QED) is 0.465. The molecule has 0 atom stereocenters. The summed E-state index contributed by atoms with van der Waals surface area (Å²) in [5.74, 6) is 0.220. The highest BCUT2D eigenvalue weighted by molar-refractivity contribution is 5.92. The molecule has 0 aliphatic heterocycles. The fourth-order valence-electron chi connectivity index (χ4n) is 3.90. The second-order valence-corrected chi connectivity index (χ2v) is 7.53. The van der Waals surface area contributed by atoms with Crippen molar-refractivity contribution in [2.75, 3.05) is 5.32 Å². The third-order valence-corrected chi connectivity index (χ3v) is 5.43. The Morgan fingerprint density at radius 1 is 1.00 bits per heavy atom. The van der Waals surface area contributed by atoms with Crippen molar-refractivity contribution in [3.63, 3.8) is 0 Å². The largest absolute Gasteiger partial charge is 0.325 e. The third kappa shape index (κ3) is 3.54. The van der Waals surface area contributed by atoms with Crippen LogP contribution in [0.2, 0.25) is 0 Å². The molecule has 2 aromatic carbocycles. The van der Waals surface area contributed by atoms with Gasteiger partial charge in [-0.15, -0.1) is 0 Å². The molecule has 0 aliphatic rings. The molecule has 5 rings (SSSR count). The van der Waals surface area contributed by atoms with Gasteiger partial charge in [-0.25, -0.2) is 9.38 Å². The molecule has 0 radical (unpaired) electrons. The molecule has 3 aromatic heterocycles. The molecule has 0 spiro atoms. The molecule has 1 amide bonds. The summed E-state index contributed by atoms with van der Waals surface area (Å²) in [5, 5.41) is 2.96. The molecule has 7 nitrogen and oxygen atoms in total. The van der Waals surface area contributed by atoms with Gasteiger partial charge < -0.3 is 9.88 Å². The number of carbonyl (C=O) groups excluding carboxylic acids is 1. The maximum Gasteiger partial charge on any atom is 0.260 e. The van der Waals surface area contributed by atoms with Crippen LogP contribution in [0.3, 0.4) is 0 Å². The summed E-state index contributed by atoms with van der Waals surface area (Å²) < 4.78 is 3.32. The number of para-hydroxylation sites is 2. The van der Waals surface area contributed by atoms with E-state index in [9.17, 15) is 9.59 Å². The number of amides is 1. The van der Waals surface area contributed by atoms with Crippen LogP contribution >= 0.6 is 0 Å². The topological polar surface area (TPSA) is 81.3 Å². The van der Waals surface area contributed by atoms with E-state index in [1.807, 2.05) is 54.6 Å². The molecule has 1 N–H and O–H groups in total. The first kappa shape index (κ1) is 19.7. The number of aromatic nitrogens is 4. The molecule has 0 fully saturated rings. The number of anilines is 1. The van der Waals surface area contributed by atoms with Crippen molar-refractivity contribution in [1.29, 1.82) is 0 Å². The van der Waals surface area contributed by atoms with E-state index in [1.165, 1.54) is 6.07 Å². The predicted octanol–water partition coefficient (Wildman–Crippen LogP) is 3.91. The van der Waals surface area contributed by atoms with Gasteiger partial charge in [0.1, 0.15) is 6.54 Å². The Bertz CT molecular complexity index is 1500. The zero-order chi connectivity index (χ0) is 22.1. The SMILES string of the molecule is CCc1cccc(NC(=O)Cn2c3ccccc3n3c(=O)cc(-c4cccnc4)nc23)c1. The summed E-state index contributed by atoms with van der Waals surface area (Å²) in [4.78, 5) is 34.8. The average Bonchev–Trinajstić information content (AvgIpc) is 3.13. The zero-order valence-electron chi connectivity index (χ0n) is 17.5. The number of aryl methyl sites for hydroxylation is 1. The van der Waals surface area contributed by atoms with Crippen LogP contribution in [-0.4, -0.2) is 24.8 Å². The van der Waals surface area contributed by atoms with E-state index in [0.29, 0.717) is 17.0 Å². The second kappa shape index (κ2) is 8.11. The Labute approximate surface area is 184 Å². The van der Waals surface area contributed by atoms with Gasteiger partial charge in [-0.2, -0.15) is 0 Å². The molecule has 0 aliphatic carbocycles. The summed E-state index contributed by atoms with van der Waals surface area (Å²) in [5.41, 5.74) is 4.41.